The van der Waals surface area contributed by atoms with E-state index in [4.69, 9.17) is 9.76 Å². The number of aliphatic hydroxyl groups excluding tert-OH is 1. The molecule has 2 aliphatic heterocycles. The number of imide groups is 1. The number of carbonyl (C=O) groups is 3. The molecule has 9 nitrogen and oxygen atoms in total. The van der Waals surface area contributed by atoms with Crippen LogP contribution in [-0.4, -0.2) is 69.4 Å². The van der Waals surface area contributed by atoms with Crippen LogP contribution in [0.2, 0.25) is 6.32 Å². The average molecular weight is 525 g/mol. The van der Waals surface area contributed by atoms with Crippen LogP contribution >= 0.6 is 0 Å². The lowest BCUT2D eigenvalue weighted by Crippen LogP contribution is -2.46. The van der Waals surface area contributed by atoms with Crippen molar-refractivity contribution in [1.82, 2.24) is 4.90 Å². The predicted octanol–water partition coefficient (Wildman–Crippen LogP) is 3.01. The van der Waals surface area contributed by atoms with E-state index in [2.05, 4.69) is 0 Å². The number of nitrogens with zero attached hydrogens (tertiary/aromatic N) is 1. The van der Waals surface area contributed by atoms with Gasteiger partial charge < -0.3 is 25.0 Å². The van der Waals surface area contributed by atoms with Gasteiger partial charge in [0.2, 0.25) is 11.8 Å². The number of aliphatic hydroxyl groups is 1. The fourth-order valence-corrected chi connectivity index (χ4v) is 6.22. The van der Waals surface area contributed by atoms with Gasteiger partial charge in [0.25, 0.3) is 0 Å². The quantitative estimate of drug-likeness (QED) is 0.149. The topological polar surface area (TPSA) is 145 Å². The number of aliphatic carboxylic acids is 1. The number of phenolic OH excluding ortho intramolecular Hbond substituents is 1. The number of hydrogen-bond donors (Lipinski definition) is 4. The molecule has 2 saturated heterocycles. The third-order valence-corrected chi connectivity index (χ3v) is 8.00. The Hall–Kier alpha value is -2.95. The van der Waals surface area contributed by atoms with Gasteiger partial charge in [-0.3, -0.25) is 19.3 Å². The maximum atomic E-state index is 13.5. The number of unbranched alkanes of at least 4 members (excludes halogenated alkanes) is 2. The summed E-state index contributed by atoms with van der Waals surface area (Å²) < 4.78 is 5.91. The fourth-order valence-electron chi connectivity index (χ4n) is 6.22. The molecule has 38 heavy (non-hydrogen) atoms. The molecule has 2 fully saturated rings. The highest BCUT2D eigenvalue weighted by Crippen LogP contribution is 2.50. The number of benzene rings is 1. The number of carboxylic acid groups (broad SMARTS) is 1. The number of allylic oxidation sites excluding steroid dienone is 1. The van der Waals surface area contributed by atoms with Gasteiger partial charge in [-0.2, -0.15) is 0 Å². The molecule has 0 unspecified atom stereocenters. The van der Waals surface area contributed by atoms with Crippen LogP contribution in [0.1, 0.15) is 57.4 Å². The highest BCUT2D eigenvalue weighted by atomic mass is 16.5. The van der Waals surface area contributed by atoms with Crippen LogP contribution in [0.25, 0.3) is 6.08 Å². The molecule has 1 aromatic carbocycles. The first-order chi connectivity index (χ1) is 18.2. The lowest BCUT2D eigenvalue weighted by Gasteiger charge is -2.42. The molecular weight excluding hydrogens is 489 g/mol. The molecule has 1 aromatic rings. The molecule has 4 N–H and O–H groups in total. The van der Waals surface area contributed by atoms with E-state index >= 15 is 0 Å². The summed E-state index contributed by atoms with van der Waals surface area (Å²) >= 11 is 0. The van der Waals surface area contributed by atoms with E-state index in [1.807, 2.05) is 25.1 Å². The summed E-state index contributed by atoms with van der Waals surface area (Å²) in [4.78, 5) is 38.7. The Kier molecular flexibility index (Phi) is 9.07. The Bertz CT molecular complexity index is 1130. The fraction of sp³-hybridized carbons (Fsp3) is 0.536. The monoisotopic (exact) mass is 525 g/mol. The molecule has 0 saturated carbocycles. The highest BCUT2D eigenvalue weighted by molar-refractivity contribution is 6.43. The van der Waals surface area contributed by atoms with Gasteiger partial charge in [0.1, 0.15) is 5.75 Å². The maximum absolute atomic E-state index is 13.5. The predicted molar refractivity (Wildman–Crippen MR) is 141 cm³/mol. The smallest absolute Gasteiger partial charge is 0.455 e. The van der Waals surface area contributed by atoms with E-state index in [1.165, 1.54) is 4.90 Å². The molecule has 4 rings (SSSR count). The molecule has 0 spiro atoms. The first kappa shape index (κ1) is 28.1. The van der Waals surface area contributed by atoms with Gasteiger partial charge in [-0.25, -0.2) is 0 Å². The minimum Gasteiger partial charge on any atom is -0.507 e. The van der Waals surface area contributed by atoms with E-state index in [0.717, 1.165) is 11.1 Å². The standard InChI is InChI=1S/C28H36BNO8/c1-17(13-18-7-4-5-8-22(18)32)10-11-23-25-19(16-31)14-20-26(21(25)15-29(37)38-23)28(36)30(27(20)35)12-6-2-3-9-24(33)34/h4-5,7-8,13,20-21,23,26,31-32,37H,2-3,6,9-12,14-16H2,1H3,(H,33,34)/b17-13+/t20-,21+,23-,26-/m1/s1. The van der Waals surface area contributed by atoms with Crippen LogP contribution < -0.4 is 0 Å². The van der Waals surface area contributed by atoms with Crippen molar-refractivity contribution >= 4 is 31.0 Å². The van der Waals surface area contributed by atoms with Gasteiger partial charge in [0.15, 0.2) is 0 Å². The number of hydrogen-bond acceptors (Lipinski definition) is 7. The van der Waals surface area contributed by atoms with E-state index in [0.29, 0.717) is 43.2 Å². The Morgan fingerprint density at radius 2 is 1.89 bits per heavy atom. The van der Waals surface area contributed by atoms with Crippen LogP contribution in [0.4, 0.5) is 0 Å². The molecular formula is C28H36BNO8. The normalized spacial score (nSPS) is 25.6. The van der Waals surface area contributed by atoms with E-state index in [1.54, 1.807) is 12.1 Å². The lowest BCUT2D eigenvalue weighted by molar-refractivity contribution is -0.141. The van der Waals surface area contributed by atoms with Gasteiger partial charge in [-0.05, 0) is 68.5 Å². The highest BCUT2D eigenvalue weighted by Gasteiger charge is 2.57. The second-order valence-electron chi connectivity index (χ2n) is 10.6. The molecule has 204 valence electrons. The molecule has 0 radical (unpaired) electrons. The van der Waals surface area contributed by atoms with Crippen LogP contribution in [0.15, 0.2) is 41.0 Å². The number of fused-ring (bicyclic) bond motifs is 3. The molecule has 2 heterocycles. The number of aromatic hydroxyl groups is 1. The second-order valence-corrected chi connectivity index (χ2v) is 10.6. The van der Waals surface area contributed by atoms with E-state index < -0.39 is 31.0 Å². The largest absolute Gasteiger partial charge is 0.507 e. The van der Waals surface area contributed by atoms with Crippen molar-refractivity contribution in [2.45, 2.75) is 64.3 Å². The van der Waals surface area contributed by atoms with Crippen LogP contribution in [0.5, 0.6) is 5.75 Å². The Morgan fingerprint density at radius 1 is 1.13 bits per heavy atom. The zero-order chi connectivity index (χ0) is 27.4. The summed E-state index contributed by atoms with van der Waals surface area (Å²) in [6.07, 6.45) is 4.72. The van der Waals surface area contributed by atoms with Gasteiger partial charge >= 0.3 is 13.1 Å². The summed E-state index contributed by atoms with van der Waals surface area (Å²) in [6.45, 7) is 1.96. The van der Waals surface area contributed by atoms with Crippen molar-refractivity contribution in [3.63, 3.8) is 0 Å². The van der Waals surface area contributed by atoms with Gasteiger partial charge in [0.05, 0.1) is 24.5 Å². The van der Waals surface area contributed by atoms with Gasteiger partial charge in [-0.15, -0.1) is 0 Å². The lowest BCUT2D eigenvalue weighted by atomic mass is 9.58. The first-order valence-electron chi connectivity index (χ1n) is 13.4. The molecule has 3 aliphatic rings. The zero-order valence-electron chi connectivity index (χ0n) is 21.7. The maximum Gasteiger partial charge on any atom is 0.455 e. The van der Waals surface area contributed by atoms with Crippen molar-refractivity contribution < 1.29 is 39.4 Å². The molecule has 1 aliphatic carbocycles. The number of amides is 2. The Morgan fingerprint density at radius 3 is 2.61 bits per heavy atom. The van der Waals surface area contributed by atoms with Crippen molar-refractivity contribution in [3.8, 4) is 5.75 Å². The molecule has 2 amide bonds. The number of phenols is 1. The summed E-state index contributed by atoms with van der Waals surface area (Å²) in [5, 5.41) is 39.7. The Labute approximate surface area is 222 Å². The van der Waals surface area contributed by atoms with Gasteiger partial charge in [0, 0.05) is 18.5 Å². The van der Waals surface area contributed by atoms with Crippen LogP contribution in [0, 0.1) is 17.8 Å². The Balaban J connectivity index is 1.48. The summed E-state index contributed by atoms with van der Waals surface area (Å²) in [7, 11) is -1.08. The minimum atomic E-state index is -1.08. The second kappa shape index (κ2) is 12.3. The summed E-state index contributed by atoms with van der Waals surface area (Å²) in [5.41, 5.74) is 3.26. The van der Waals surface area contributed by atoms with Crippen LogP contribution in [0.3, 0.4) is 0 Å². The van der Waals surface area contributed by atoms with Crippen LogP contribution in [-0.2, 0) is 19.0 Å². The zero-order valence-corrected chi connectivity index (χ0v) is 21.7. The number of carboxylic acids is 1. The molecule has 4 atom stereocenters. The molecule has 10 heteroatoms. The third kappa shape index (κ3) is 6.03. The van der Waals surface area contributed by atoms with Crippen molar-refractivity contribution in [3.05, 3.63) is 46.5 Å². The minimum absolute atomic E-state index is 0.0583. The van der Waals surface area contributed by atoms with Gasteiger partial charge in [-0.1, -0.05) is 36.3 Å². The SMILES string of the molecule is C/C(=C\c1ccccc1O)CC[C@H]1OB(O)C[C@H]2C1=C(CO)C[C@H]1C(=O)N(CCCCCC(=O)O)C(=O)[C@H]12. The number of carbonyl (C=O) groups excluding carboxylic acids is 2. The summed E-state index contributed by atoms with van der Waals surface area (Å²) in [5.74, 6) is -2.72. The average Bonchev–Trinajstić information content (AvgIpc) is 3.12. The first-order valence-corrected chi connectivity index (χ1v) is 13.4. The van der Waals surface area contributed by atoms with Crippen molar-refractivity contribution in [2.75, 3.05) is 13.2 Å². The number of rotatable bonds is 11. The number of likely N-dealkylation sites (tertiary alicyclic amines) is 1. The van der Waals surface area contributed by atoms with Crippen molar-refractivity contribution in [2.24, 2.45) is 17.8 Å². The molecule has 0 aromatic heterocycles. The third-order valence-electron chi connectivity index (χ3n) is 8.00. The van der Waals surface area contributed by atoms with Crippen molar-refractivity contribution in [1.29, 1.82) is 0 Å². The van der Waals surface area contributed by atoms with E-state index in [-0.39, 0.29) is 55.8 Å². The number of para-hydroxylation sites is 1. The van der Waals surface area contributed by atoms with E-state index in [9.17, 15) is 29.6 Å². The summed E-state index contributed by atoms with van der Waals surface area (Å²) in [6, 6.07) is 7.05. The molecule has 0 bridgehead atoms.